The molecule has 1 aromatic rings. The smallest absolute Gasteiger partial charge is 0.152 e. The molecule has 1 heterocycles. The lowest BCUT2D eigenvalue weighted by Gasteiger charge is -2.30. The van der Waals surface area contributed by atoms with Crippen LogP contribution in [0.5, 0.6) is 0 Å². The van der Waals surface area contributed by atoms with Crippen LogP contribution in [0, 0.1) is 0 Å². The molecule has 1 saturated heterocycles. The summed E-state index contributed by atoms with van der Waals surface area (Å²) in [5.74, 6) is 0. The fraction of sp³-hybridized carbons (Fsp3) is 0.364. The van der Waals surface area contributed by atoms with Crippen molar-refractivity contribution in [3.8, 4) is 0 Å². The molecule has 0 atom stereocenters. The molecule has 0 aliphatic carbocycles. The van der Waals surface area contributed by atoms with Crippen molar-refractivity contribution in [2.24, 2.45) is 0 Å². The number of aldehydes is 1. The van der Waals surface area contributed by atoms with Crippen LogP contribution in [0.1, 0.15) is 10.4 Å². The molecule has 0 amide bonds. The van der Waals surface area contributed by atoms with E-state index in [9.17, 15) is 4.79 Å². The van der Waals surface area contributed by atoms with Crippen molar-refractivity contribution < 1.29 is 4.79 Å². The van der Waals surface area contributed by atoms with Gasteiger partial charge in [0.1, 0.15) is 0 Å². The minimum atomic E-state index is 0.786. The van der Waals surface area contributed by atoms with Crippen LogP contribution in [-0.2, 0) is 0 Å². The Morgan fingerprint density at radius 3 is 2.64 bits per heavy atom. The summed E-state index contributed by atoms with van der Waals surface area (Å²) in [5, 5.41) is 3.29. The summed E-state index contributed by atoms with van der Waals surface area (Å²) < 4.78 is 0. The molecule has 0 spiro atoms. The molecule has 0 unspecified atom stereocenters. The number of para-hydroxylation sites is 1. The van der Waals surface area contributed by atoms with Gasteiger partial charge in [-0.3, -0.25) is 4.79 Å². The normalized spacial score (nSPS) is 16.7. The van der Waals surface area contributed by atoms with E-state index >= 15 is 0 Å². The highest BCUT2D eigenvalue weighted by atomic mass is 16.1. The topological polar surface area (TPSA) is 32.3 Å². The molecule has 0 aromatic heterocycles. The van der Waals surface area contributed by atoms with Gasteiger partial charge in [0.2, 0.25) is 0 Å². The number of piperazine rings is 1. The Bertz CT molecular complexity index is 319. The molecule has 74 valence electrons. The fourth-order valence-electron chi connectivity index (χ4n) is 1.78. The summed E-state index contributed by atoms with van der Waals surface area (Å²) in [4.78, 5) is 13.1. The molecule has 0 radical (unpaired) electrons. The highest BCUT2D eigenvalue weighted by Crippen LogP contribution is 2.18. The second-order valence-electron chi connectivity index (χ2n) is 3.41. The molecule has 1 aliphatic rings. The quantitative estimate of drug-likeness (QED) is 0.703. The molecule has 1 aliphatic heterocycles. The zero-order chi connectivity index (χ0) is 9.80. The van der Waals surface area contributed by atoms with E-state index in [0.717, 1.165) is 43.7 Å². The van der Waals surface area contributed by atoms with Crippen molar-refractivity contribution in [3.05, 3.63) is 29.8 Å². The molecule has 3 nitrogen and oxygen atoms in total. The van der Waals surface area contributed by atoms with Gasteiger partial charge in [-0.05, 0) is 12.1 Å². The predicted octanol–water partition coefficient (Wildman–Crippen LogP) is 0.909. The molecule has 1 aromatic carbocycles. The Morgan fingerprint density at radius 2 is 1.93 bits per heavy atom. The summed E-state index contributed by atoms with van der Waals surface area (Å²) in [7, 11) is 0. The maximum Gasteiger partial charge on any atom is 0.152 e. The first-order valence-electron chi connectivity index (χ1n) is 4.91. The minimum Gasteiger partial charge on any atom is -0.368 e. The molecule has 1 fully saturated rings. The number of nitrogens with zero attached hydrogens (tertiary/aromatic N) is 1. The van der Waals surface area contributed by atoms with Gasteiger partial charge < -0.3 is 10.2 Å². The third kappa shape index (κ3) is 1.77. The van der Waals surface area contributed by atoms with Crippen molar-refractivity contribution in [1.82, 2.24) is 5.32 Å². The average Bonchev–Trinajstić information content (AvgIpc) is 2.30. The summed E-state index contributed by atoms with van der Waals surface area (Å²) in [6.07, 6.45) is 0.928. The number of nitrogens with one attached hydrogen (secondary N) is 1. The van der Waals surface area contributed by atoms with Crippen molar-refractivity contribution in [2.45, 2.75) is 0 Å². The Labute approximate surface area is 83.7 Å². The van der Waals surface area contributed by atoms with Gasteiger partial charge in [0.15, 0.2) is 6.29 Å². The Kier molecular flexibility index (Phi) is 2.79. The minimum absolute atomic E-state index is 0.786. The SMILES string of the molecule is O=Cc1ccccc1N1CCNCC1. The first-order chi connectivity index (χ1) is 6.92. The third-order valence-electron chi connectivity index (χ3n) is 2.52. The van der Waals surface area contributed by atoms with Gasteiger partial charge in [-0.2, -0.15) is 0 Å². The molecule has 14 heavy (non-hydrogen) atoms. The van der Waals surface area contributed by atoms with Crippen LogP contribution >= 0.6 is 0 Å². The summed E-state index contributed by atoms with van der Waals surface area (Å²) >= 11 is 0. The van der Waals surface area contributed by atoms with Gasteiger partial charge in [0, 0.05) is 37.4 Å². The maximum atomic E-state index is 10.8. The third-order valence-corrected chi connectivity index (χ3v) is 2.52. The van der Waals surface area contributed by atoms with Crippen molar-refractivity contribution in [3.63, 3.8) is 0 Å². The molecule has 0 bridgehead atoms. The number of carbonyl (C=O) groups is 1. The molecular weight excluding hydrogens is 176 g/mol. The molecule has 0 saturated carbocycles. The van der Waals surface area contributed by atoms with E-state index in [2.05, 4.69) is 10.2 Å². The van der Waals surface area contributed by atoms with Crippen LogP contribution in [0.4, 0.5) is 5.69 Å². The summed E-state index contributed by atoms with van der Waals surface area (Å²) in [5.41, 5.74) is 1.85. The van der Waals surface area contributed by atoms with E-state index in [0.29, 0.717) is 0 Å². The number of anilines is 1. The van der Waals surface area contributed by atoms with E-state index in [-0.39, 0.29) is 0 Å². The number of benzene rings is 1. The van der Waals surface area contributed by atoms with E-state index in [4.69, 9.17) is 0 Å². The fourth-order valence-corrected chi connectivity index (χ4v) is 1.78. The molecule has 1 N–H and O–H groups in total. The average molecular weight is 190 g/mol. The number of carbonyl (C=O) groups excluding carboxylic acids is 1. The van der Waals surface area contributed by atoms with Crippen molar-refractivity contribution in [2.75, 3.05) is 31.1 Å². The van der Waals surface area contributed by atoms with Gasteiger partial charge in [0.05, 0.1) is 0 Å². The Hall–Kier alpha value is -1.35. The molecule has 3 heteroatoms. The first-order valence-corrected chi connectivity index (χ1v) is 4.91. The van der Waals surface area contributed by atoms with E-state index in [1.807, 2.05) is 24.3 Å². The van der Waals surface area contributed by atoms with Gasteiger partial charge >= 0.3 is 0 Å². The van der Waals surface area contributed by atoms with Gasteiger partial charge in [-0.15, -0.1) is 0 Å². The first kappa shape index (κ1) is 9.21. The van der Waals surface area contributed by atoms with E-state index < -0.39 is 0 Å². The van der Waals surface area contributed by atoms with Crippen LogP contribution < -0.4 is 10.2 Å². The lowest BCUT2D eigenvalue weighted by Crippen LogP contribution is -2.43. The highest BCUT2D eigenvalue weighted by Gasteiger charge is 2.12. The Morgan fingerprint density at radius 1 is 1.21 bits per heavy atom. The van der Waals surface area contributed by atoms with Crippen LogP contribution in [-0.4, -0.2) is 32.5 Å². The molecule has 2 rings (SSSR count). The van der Waals surface area contributed by atoms with E-state index in [1.54, 1.807) is 0 Å². The van der Waals surface area contributed by atoms with Crippen molar-refractivity contribution >= 4 is 12.0 Å². The maximum absolute atomic E-state index is 10.8. The lowest BCUT2D eigenvalue weighted by atomic mass is 10.1. The molecular formula is C11H14N2O. The summed E-state index contributed by atoms with van der Waals surface area (Å²) in [6.45, 7) is 3.94. The predicted molar refractivity (Wildman–Crippen MR) is 56.9 cm³/mol. The second kappa shape index (κ2) is 4.24. The van der Waals surface area contributed by atoms with Crippen LogP contribution in [0.15, 0.2) is 24.3 Å². The number of hydrogen-bond donors (Lipinski definition) is 1. The largest absolute Gasteiger partial charge is 0.368 e. The monoisotopic (exact) mass is 190 g/mol. The van der Waals surface area contributed by atoms with Crippen LogP contribution in [0.2, 0.25) is 0 Å². The standard InChI is InChI=1S/C11H14N2O/c14-9-10-3-1-2-4-11(10)13-7-5-12-6-8-13/h1-4,9,12H,5-8H2. The zero-order valence-corrected chi connectivity index (χ0v) is 8.07. The number of hydrogen-bond acceptors (Lipinski definition) is 3. The van der Waals surface area contributed by atoms with E-state index in [1.165, 1.54) is 0 Å². The van der Waals surface area contributed by atoms with Gasteiger partial charge in [-0.1, -0.05) is 12.1 Å². The highest BCUT2D eigenvalue weighted by molar-refractivity contribution is 5.84. The van der Waals surface area contributed by atoms with Crippen LogP contribution in [0.25, 0.3) is 0 Å². The van der Waals surface area contributed by atoms with Crippen molar-refractivity contribution in [1.29, 1.82) is 0 Å². The lowest BCUT2D eigenvalue weighted by molar-refractivity contribution is 0.112. The van der Waals surface area contributed by atoms with Gasteiger partial charge in [-0.25, -0.2) is 0 Å². The Balaban J connectivity index is 2.24. The van der Waals surface area contributed by atoms with Gasteiger partial charge in [0.25, 0.3) is 0 Å². The second-order valence-corrected chi connectivity index (χ2v) is 3.41. The summed E-state index contributed by atoms with van der Waals surface area (Å²) in [6, 6.07) is 7.75. The number of rotatable bonds is 2. The zero-order valence-electron chi connectivity index (χ0n) is 8.07. The van der Waals surface area contributed by atoms with Crippen LogP contribution in [0.3, 0.4) is 0 Å².